The molecule has 1 aromatic rings. The second kappa shape index (κ2) is 9.00. The minimum Gasteiger partial charge on any atom is -0.494 e. The number of piperidine rings is 1. The summed E-state index contributed by atoms with van der Waals surface area (Å²) < 4.78 is 18.7. The van der Waals surface area contributed by atoms with E-state index >= 15 is 0 Å². The Bertz CT molecular complexity index is 690. The molecule has 0 bridgehead atoms. The zero-order valence-electron chi connectivity index (χ0n) is 17.2. The highest BCUT2D eigenvalue weighted by molar-refractivity contribution is 5.87. The number of hydrogen-bond acceptors (Lipinski definition) is 4. The number of rotatable bonds is 6. The number of ether oxygens (including phenoxy) is 1. The number of nitrogens with zero attached hydrogens (tertiary/aromatic N) is 2. The van der Waals surface area contributed by atoms with Crippen LogP contribution >= 0.6 is 0 Å². The van der Waals surface area contributed by atoms with E-state index in [9.17, 15) is 14.3 Å². The lowest BCUT2D eigenvalue weighted by Gasteiger charge is -2.48. The Morgan fingerprint density at radius 3 is 2.48 bits per heavy atom. The van der Waals surface area contributed by atoms with Gasteiger partial charge in [0, 0.05) is 19.1 Å². The molecule has 160 valence electrons. The zero-order valence-corrected chi connectivity index (χ0v) is 17.2. The second-order valence-corrected chi connectivity index (χ2v) is 8.84. The number of aliphatic hydroxyl groups is 1. The van der Waals surface area contributed by atoms with Gasteiger partial charge in [-0.15, -0.1) is 0 Å². The first kappa shape index (κ1) is 20.6. The van der Waals surface area contributed by atoms with Crippen LogP contribution in [0, 0.1) is 5.82 Å². The van der Waals surface area contributed by atoms with Crippen molar-refractivity contribution in [3.63, 3.8) is 0 Å². The maximum Gasteiger partial charge on any atom is 0.243 e. The number of carbonyl (C=O) groups excluding carboxylic acids is 1. The highest BCUT2D eigenvalue weighted by Gasteiger charge is 2.51. The Hall–Kier alpha value is -1.66. The third-order valence-electron chi connectivity index (χ3n) is 7.03. The monoisotopic (exact) mass is 404 g/mol. The fourth-order valence-electron chi connectivity index (χ4n) is 5.50. The third-order valence-corrected chi connectivity index (χ3v) is 7.03. The number of carbonyl (C=O) groups is 1. The number of hydrogen-bond donors (Lipinski definition) is 1. The van der Waals surface area contributed by atoms with E-state index in [1.165, 1.54) is 12.1 Å². The van der Waals surface area contributed by atoms with Crippen molar-refractivity contribution in [2.75, 3.05) is 26.2 Å². The average molecular weight is 405 g/mol. The topological polar surface area (TPSA) is 53.0 Å². The van der Waals surface area contributed by atoms with E-state index in [-0.39, 0.29) is 17.5 Å². The molecule has 1 unspecified atom stereocenters. The molecule has 1 aromatic carbocycles. The van der Waals surface area contributed by atoms with Gasteiger partial charge in [-0.05, 0) is 88.6 Å². The van der Waals surface area contributed by atoms with Gasteiger partial charge in [0.15, 0.2) is 0 Å². The predicted molar refractivity (Wildman–Crippen MR) is 109 cm³/mol. The second-order valence-electron chi connectivity index (χ2n) is 8.84. The molecule has 2 heterocycles. The van der Waals surface area contributed by atoms with Crippen LogP contribution in [0.5, 0.6) is 5.75 Å². The molecule has 1 amide bonds. The van der Waals surface area contributed by atoms with Crippen molar-refractivity contribution in [3.05, 3.63) is 30.1 Å². The van der Waals surface area contributed by atoms with Crippen LogP contribution in [0.4, 0.5) is 4.39 Å². The molecule has 1 spiro atoms. The molecule has 4 rings (SSSR count). The van der Waals surface area contributed by atoms with Gasteiger partial charge in [0.25, 0.3) is 0 Å². The number of amides is 1. The van der Waals surface area contributed by atoms with Crippen LogP contribution in [0.2, 0.25) is 0 Å². The Labute approximate surface area is 172 Å². The molecular weight excluding hydrogens is 371 g/mol. The maximum atomic E-state index is 13.6. The molecule has 1 saturated carbocycles. The van der Waals surface area contributed by atoms with Crippen molar-refractivity contribution < 1.29 is 19.0 Å². The highest BCUT2D eigenvalue weighted by atomic mass is 19.1. The van der Waals surface area contributed by atoms with Gasteiger partial charge < -0.3 is 14.7 Å². The Balaban J connectivity index is 1.33. The van der Waals surface area contributed by atoms with Crippen molar-refractivity contribution in [3.8, 4) is 5.75 Å². The first-order valence-corrected chi connectivity index (χ1v) is 11.2. The molecule has 2 saturated heterocycles. The maximum absolute atomic E-state index is 13.6. The largest absolute Gasteiger partial charge is 0.494 e. The molecule has 1 atom stereocenters. The zero-order chi connectivity index (χ0) is 20.3. The van der Waals surface area contributed by atoms with Crippen LogP contribution < -0.4 is 4.74 Å². The number of aliphatic hydroxyl groups excluding tert-OH is 1. The van der Waals surface area contributed by atoms with Gasteiger partial charge in [-0.1, -0.05) is 0 Å². The van der Waals surface area contributed by atoms with Gasteiger partial charge in [0.05, 0.1) is 12.7 Å². The molecular formula is C23H33FN2O3. The van der Waals surface area contributed by atoms with Crippen molar-refractivity contribution in [2.24, 2.45) is 0 Å². The van der Waals surface area contributed by atoms with Crippen molar-refractivity contribution in [1.29, 1.82) is 0 Å². The predicted octanol–water partition coefficient (Wildman–Crippen LogP) is 3.36. The van der Waals surface area contributed by atoms with E-state index in [1.807, 2.05) is 0 Å². The summed E-state index contributed by atoms with van der Waals surface area (Å²) >= 11 is 0. The third kappa shape index (κ3) is 4.43. The van der Waals surface area contributed by atoms with Gasteiger partial charge in [-0.25, -0.2) is 4.39 Å². The van der Waals surface area contributed by atoms with Crippen LogP contribution in [0.1, 0.15) is 57.8 Å². The molecule has 1 aliphatic carbocycles. The molecule has 6 heteroatoms. The summed E-state index contributed by atoms with van der Waals surface area (Å²) in [5.41, 5.74) is -0.329. The van der Waals surface area contributed by atoms with Crippen LogP contribution in [-0.4, -0.2) is 64.7 Å². The molecule has 29 heavy (non-hydrogen) atoms. The van der Waals surface area contributed by atoms with E-state index in [0.29, 0.717) is 24.3 Å². The normalized spacial score (nSPS) is 30.8. The Kier molecular flexibility index (Phi) is 6.40. The van der Waals surface area contributed by atoms with Crippen LogP contribution in [0.15, 0.2) is 24.3 Å². The van der Waals surface area contributed by atoms with E-state index < -0.39 is 0 Å². The summed E-state index contributed by atoms with van der Waals surface area (Å²) in [5, 5.41) is 9.81. The molecule has 3 fully saturated rings. The van der Waals surface area contributed by atoms with E-state index in [2.05, 4.69) is 9.80 Å². The van der Waals surface area contributed by atoms with Crippen molar-refractivity contribution in [2.45, 2.75) is 75.5 Å². The fourth-order valence-corrected chi connectivity index (χ4v) is 5.50. The average Bonchev–Trinajstić information content (AvgIpc) is 3.13. The number of benzene rings is 1. The molecule has 3 aliphatic rings. The van der Waals surface area contributed by atoms with Crippen LogP contribution in [-0.2, 0) is 4.79 Å². The molecule has 1 N–H and O–H groups in total. The Morgan fingerprint density at radius 2 is 1.76 bits per heavy atom. The fraction of sp³-hybridized carbons (Fsp3) is 0.696. The number of halogens is 1. The summed E-state index contributed by atoms with van der Waals surface area (Å²) in [6, 6.07) is 6.41. The molecule has 2 aliphatic heterocycles. The standard InChI is InChI=1S/C23H33FN2O3/c24-18-4-10-21(11-5-18)29-17-3-15-25-14-1-12-23(25)13-2-16-26(22(23)28)19-6-8-20(27)9-7-19/h4-5,10-11,19-20,27H,1-3,6-9,12-17H2. The first-order valence-electron chi connectivity index (χ1n) is 11.2. The van der Waals surface area contributed by atoms with E-state index in [4.69, 9.17) is 4.74 Å². The Morgan fingerprint density at radius 1 is 1.07 bits per heavy atom. The van der Waals surface area contributed by atoms with Gasteiger partial charge in [-0.2, -0.15) is 0 Å². The molecule has 5 nitrogen and oxygen atoms in total. The van der Waals surface area contributed by atoms with Crippen molar-refractivity contribution >= 4 is 5.91 Å². The molecule has 0 aromatic heterocycles. The summed E-state index contributed by atoms with van der Waals surface area (Å²) in [6.45, 7) is 3.25. The molecule has 0 radical (unpaired) electrons. The van der Waals surface area contributed by atoms with Crippen LogP contribution in [0.3, 0.4) is 0 Å². The van der Waals surface area contributed by atoms with Crippen LogP contribution in [0.25, 0.3) is 0 Å². The number of likely N-dealkylation sites (tertiary alicyclic amines) is 2. The summed E-state index contributed by atoms with van der Waals surface area (Å²) in [5.74, 6) is 0.744. The minimum absolute atomic E-state index is 0.191. The van der Waals surface area contributed by atoms with Gasteiger partial charge in [-0.3, -0.25) is 9.69 Å². The van der Waals surface area contributed by atoms with Crippen molar-refractivity contribution in [1.82, 2.24) is 9.80 Å². The first-order chi connectivity index (χ1) is 14.1. The smallest absolute Gasteiger partial charge is 0.243 e. The summed E-state index contributed by atoms with van der Waals surface area (Å²) in [4.78, 5) is 18.1. The summed E-state index contributed by atoms with van der Waals surface area (Å²) in [6.07, 6.45) is 8.18. The SMILES string of the molecule is O=C1N(C2CCC(O)CC2)CCCC12CCCN2CCCOc1ccc(F)cc1. The van der Waals surface area contributed by atoms with Gasteiger partial charge in [0.2, 0.25) is 5.91 Å². The lowest BCUT2D eigenvalue weighted by molar-refractivity contribution is -0.151. The highest BCUT2D eigenvalue weighted by Crippen LogP contribution is 2.40. The summed E-state index contributed by atoms with van der Waals surface area (Å²) in [7, 11) is 0. The lowest BCUT2D eigenvalue weighted by Crippen LogP contribution is -2.62. The minimum atomic E-state index is -0.329. The van der Waals surface area contributed by atoms with E-state index in [1.54, 1.807) is 12.1 Å². The van der Waals surface area contributed by atoms with Gasteiger partial charge in [0.1, 0.15) is 17.1 Å². The lowest BCUT2D eigenvalue weighted by atomic mass is 9.82. The van der Waals surface area contributed by atoms with E-state index in [0.717, 1.165) is 77.4 Å². The quantitative estimate of drug-likeness (QED) is 0.739. The van der Waals surface area contributed by atoms with Gasteiger partial charge >= 0.3 is 0 Å².